The molecule has 0 radical (unpaired) electrons. The molecule has 6 heteroatoms. The highest BCUT2D eigenvalue weighted by molar-refractivity contribution is 7.86. The van der Waals surface area contributed by atoms with Crippen LogP contribution in [0.5, 0.6) is 0 Å². The van der Waals surface area contributed by atoms with Crippen LogP contribution in [0.2, 0.25) is 0 Å². The van der Waals surface area contributed by atoms with Crippen molar-refractivity contribution in [3.05, 3.63) is 12.2 Å². The molecule has 14 heavy (non-hydrogen) atoms. The van der Waals surface area contributed by atoms with Gasteiger partial charge >= 0.3 is 0 Å². The van der Waals surface area contributed by atoms with Gasteiger partial charge in [-0.1, -0.05) is 6.58 Å². The molecule has 0 aliphatic rings. The van der Waals surface area contributed by atoms with Crippen LogP contribution < -0.4 is 5.32 Å². The van der Waals surface area contributed by atoms with Gasteiger partial charge in [0.2, 0.25) is 5.91 Å². The lowest BCUT2D eigenvalue weighted by atomic mass is 10.1. The van der Waals surface area contributed by atoms with Crippen LogP contribution in [0, 0.1) is 0 Å². The quantitative estimate of drug-likeness (QED) is 0.532. The number of amides is 1. The highest BCUT2D eigenvalue weighted by Crippen LogP contribution is 2.02. The molecule has 0 aliphatic heterocycles. The van der Waals surface area contributed by atoms with Gasteiger partial charge in [-0.15, -0.1) is 0 Å². The third kappa shape index (κ3) is 6.62. The summed E-state index contributed by atoms with van der Waals surface area (Å²) in [6, 6.07) is 0. The van der Waals surface area contributed by atoms with E-state index in [1.54, 1.807) is 20.8 Å². The molecule has 0 heterocycles. The summed E-state index contributed by atoms with van der Waals surface area (Å²) >= 11 is 0. The van der Waals surface area contributed by atoms with Crippen LogP contribution in [0.15, 0.2) is 12.2 Å². The van der Waals surface area contributed by atoms with E-state index in [2.05, 4.69) is 11.9 Å². The van der Waals surface area contributed by atoms with Gasteiger partial charge in [0, 0.05) is 11.1 Å². The average Bonchev–Trinajstić information content (AvgIpc) is 1.78. The van der Waals surface area contributed by atoms with Crippen molar-refractivity contribution in [2.24, 2.45) is 0 Å². The molecule has 0 fully saturated rings. The molecule has 0 saturated heterocycles. The first kappa shape index (κ1) is 13.1. The summed E-state index contributed by atoms with van der Waals surface area (Å²) in [4.78, 5) is 11.3. The van der Waals surface area contributed by atoms with Gasteiger partial charge in [-0.3, -0.25) is 9.35 Å². The van der Waals surface area contributed by atoms with E-state index in [9.17, 15) is 13.2 Å². The Morgan fingerprint density at radius 2 is 1.86 bits per heavy atom. The number of rotatable bonds is 3. The maximum atomic E-state index is 11.3. The average molecular weight is 221 g/mol. The van der Waals surface area contributed by atoms with E-state index in [-0.39, 0.29) is 5.57 Å². The summed E-state index contributed by atoms with van der Waals surface area (Å²) < 4.78 is 29.3. The first-order chi connectivity index (χ1) is 6.01. The molecular weight excluding hydrogens is 206 g/mol. The minimum Gasteiger partial charge on any atom is -0.348 e. The lowest BCUT2D eigenvalue weighted by molar-refractivity contribution is -0.118. The van der Waals surface area contributed by atoms with Crippen molar-refractivity contribution in [1.82, 2.24) is 5.32 Å². The molecule has 82 valence electrons. The van der Waals surface area contributed by atoms with Crippen molar-refractivity contribution in [2.45, 2.75) is 26.3 Å². The number of hydrogen-bond acceptors (Lipinski definition) is 3. The lowest BCUT2D eigenvalue weighted by Crippen LogP contribution is -2.42. The van der Waals surface area contributed by atoms with Gasteiger partial charge in [0.15, 0.2) is 0 Å². The molecular formula is C8H15NO4S. The van der Waals surface area contributed by atoms with Crippen LogP contribution in [0.4, 0.5) is 0 Å². The second kappa shape index (κ2) is 4.10. The summed E-state index contributed by atoms with van der Waals surface area (Å²) in [6.45, 7) is 8.54. The van der Waals surface area contributed by atoms with E-state index < -0.39 is 27.3 Å². The number of hydrogen-bond donors (Lipinski definition) is 2. The van der Waals surface area contributed by atoms with Crippen molar-refractivity contribution in [3.8, 4) is 0 Å². The summed E-state index contributed by atoms with van der Waals surface area (Å²) in [5.41, 5.74) is -0.637. The van der Waals surface area contributed by atoms with Crippen molar-refractivity contribution in [1.29, 1.82) is 0 Å². The summed E-state index contributed by atoms with van der Waals surface area (Å²) in [7, 11) is -4.18. The summed E-state index contributed by atoms with van der Waals surface area (Å²) in [5.74, 6) is -1.32. The van der Waals surface area contributed by atoms with Crippen LogP contribution in [0.25, 0.3) is 0 Å². The monoisotopic (exact) mass is 221 g/mol. The van der Waals surface area contributed by atoms with Crippen LogP contribution in [-0.4, -0.2) is 30.2 Å². The van der Waals surface area contributed by atoms with E-state index in [0.717, 1.165) is 0 Å². The number of carbonyl (C=O) groups excluding carboxylic acids is 1. The first-order valence-electron chi connectivity index (χ1n) is 3.97. The number of carbonyl (C=O) groups is 1. The Morgan fingerprint density at radius 3 is 2.14 bits per heavy atom. The largest absolute Gasteiger partial charge is 0.348 e. The van der Waals surface area contributed by atoms with E-state index in [1.807, 2.05) is 0 Å². The maximum Gasteiger partial charge on any atom is 0.269 e. The van der Waals surface area contributed by atoms with Crippen LogP contribution in [0.1, 0.15) is 20.8 Å². The smallest absolute Gasteiger partial charge is 0.269 e. The standard InChI is InChI=1S/C8H15NO4S/c1-6(5-14(11,12)13)7(10)9-8(2,3)4/h1,5H2,2-4H3,(H,9,10)(H,11,12,13). The number of nitrogens with one attached hydrogen (secondary N) is 1. The Kier molecular flexibility index (Phi) is 3.84. The Morgan fingerprint density at radius 1 is 1.43 bits per heavy atom. The molecule has 0 aliphatic carbocycles. The predicted molar refractivity (Wildman–Crippen MR) is 53.5 cm³/mol. The molecule has 0 aromatic rings. The molecule has 0 aromatic heterocycles. The molecule has 5 nitrogen and oxygen atoms in total. The molecule has 0 aromatic carbocycles. The molecule has 2 N–H and O–H groups in total. The van der Waals surface area contributed by atoms with E-state index >= 15 is 0 Å². The van der Waals surface area contributed by atoms with Gasteiger partial charge in [-0.05, 0) is 20.8 Å². The zero-order valence-corrected chi connectivity index (χ0v) is 9.31. The second-order valence-electron chi connectivity index (χ2n) is 4.03. The topological polar surface area (TPSA) is 83.5 Å². The second-order valence-corrected chi connectivity index (χ2v) is 5.49. The van der Waals surface area contributed by atoms with Gasteiger partial charge in [-0.2, -0.15) is 8.42 Å². The van der Waals surface area contributed by atoms with Crippen molar-refractivity contribution < 1.29 is 17.8 Å². The first-order valence-corrected chi connectivity index (χ1v) is 5.57. The fourth-order valence-electron chi connectivity index (χ4n) is 0.715. The lowest BCUT2D eigenvalue weighted by Gasteiger charge is -2.20. The van der Waals surface area contributed by atoms with Crippen molar-refractivity contribution in [3.63, 3.8) is 0 Å². The predicted octanol–water partition coefficient (Wildman–Crippen LogP) is 0.345. The summed E-state index contributed by atoms with van der Waals surface area (Å²) in [5, 5.41) is 2.53. The van der Waals surface area contributed by atoms with E-state index in [0.29, 0.717) is 0 Å². The van der Waals surface area contributed by atoms with Gasteiger partial charge in [0.1, 0.15) is 5.75 Å². The maximum absolute atomic E-state index is 11.3. The molecule has 0 rings (SSSR count). The molecule has 0 unspecified atom stereocenters. The van der Waals surface area contributed by atoms with Gasteiger partial charge in [-0.25, -0.2) is 0 Å². The molecule has 0 atom stereocenters. The fraction of sp³-hybridized carbons (Fsp3) is 0.625. The van der Waals surface area contributed by atoms with Gasteiger partial charge in [0.25, 0.3) is 10.1 Å². The minimum absolute atomic E-state index is 0.178. The molecule has 0 bridgehead atoms. The van der Waals surface area contributed by atoms with Crippen LogP contribution >= 0.6 is 0 Å². The van der Waals surface area contributed by atoms with E-state index in [1.165, 1.54) is 0 Å². The Bertz CT molecular complexity index is 337. The zero-order valence-electron chi connectivity index (χ0n) is 8.49. The highest BCUT2D eigenvalue weighted by atomic mass is 32.2. The van der Waals surface area contributed by atoms with Crippen LogP contribution in [0.3, 0.4) is 0 Å². The van der Waals surface area contributed by atoms with Crippen LogP contribution in [-0.2, 0) is 14.9 Å². The fourth-order valence-corrected chi connectivity index (χ4v) is 1.29. The highest BCUT2D eigenvalue weighted by Gasteiger charge is 2.19. The molecule has 0 spiro atoms. The molecule has 1 amide bonds. The SMILES string of the molecule is C=C(CS(=O)(=O)O)C(=O)NC(C)(C)C. The Balaban J connectivity index is 4.37. The third-order valence-corrected chi connectivity index (χ3v) is 1.88. The van der Waals surface area contributed by atoms with Crippen molar-refractivity contribution >= 4 is 16.0 Å². The van der Waals surface area contributed by atoms with E-state index in [4.69, 9.17) is 4.55 Å². The zero-order chi connectivity index (χ0) is 11.6. The van der Waals surface area contributed by atoms with Crippen molar-refractivity contribution in [2.75, 3.05) is 5.75 Å². The Labute approximate surface area is 83.9 Å². The third-order valence-electron chi connectivity index (χ3n) is 1.17. The normalized spacial score (nSPS) is 12.3. The minimum atomic E-state index is -4.18. The Hall–Kier alpha value is -0.880. The summed E-state index contributed by atoms with van der Waals surface area (Å²) in [6.07, 6.45) is 0. The van der Waals surface area contributed by atoms with Gasteiger partial charge in [0.05, 0.1) is 0 Å². The molecule has 0 saturated carbocycles. The van der Waals surface area contributed by atoms with Gasteiger partial charge < -0.3 is 5.32 Å².